The van der Waals surface area contributed by atoms with Gasteiger partial charge in [-0.3, -0.25) is 9.59 Å². The van der Waals surface area contributed by atoms with E-state index in [1.54, 1.807) is 20.2 Å². The quantitative estimate of drug-likeness (QED) is 0.867. The maximum Gasteiger partial charge on any atom is 0.272 e. The summed E-state index contributed by atoms with van der Waals surface area (Å²) in [5, 5.41) is 2.51. The Hall–Kier alpha value is -2.11. The second-order valence-electron chi connectivity index (χ2n) is 4.66. The second-order valence-corrected chi connectivity index (χ2v) is 4.66. The number of amides is 2. The summed E-state index contributed by atoms with van der Waals surface area (Å²) in [5.41, 5.74) is 0.367. The highest BCUT2D eigenvalue weighted by Gasteiger charge is 2.25. The van der Waals surface area contributed by atoms with E-state index in [9.17, 15) is 9.59 Å². The molecule has 0 aromatic carbocycles. The maximum atomic E-state index is 12.0. The number of aromatic nitrogens is 1. The molecule has 0 saturated heterocycles. The van der Waals surface area contributed by atoms with Gasteiger partial charge in [0.1, 0.15) is 11.4 Å². The molecule has 0 bridgehead atoms. The average molecular weight is 263 g/mol. The van der Waals surface area contributed by atoms with Crippen LogP contribution in [0.2, 0.25) is 0 Å². The van der Waals surface area contributed by atoms with E-state index in [-0.39, 0.29) is 29.2 Å². The summed E-state index contributed by atoms with van der Waals surface area (Å²) < 4.78 is 5.59. The van der Waals surface area contributed by atoms with Gasteiger partial charge in [0, 0.05) is 21.1 Å². The Morgan fingerprint density at radius 2 is 2.11 bits per heavy atom. The van der Waals surface area contributed by atoms with E-state index < -0.39 is 0 Å². The molecule has 6 nitrogen and oxygen atoms in total. The molecule has 1 aliphatic rings. The third-order valence-corrected chi connectivity index (χ3v) is 2.77. The van der Waals surface area contributed by atoms with Crippen molar-refractivity contribution in [2.45, 2.75) is 18.9 Å². The number of hydrogen-bond donors (Lipinski definition) is 1. The smallest absolute Gasteiger partial charge is 0.272 e. The van der Waals surface area contributed by atoms with E-state index in [0.717, 1.165) is 12.8 Å². The summed E-state index contributed by atoms with van der Waals surface area (Å²) in [7, 11) is 4.75. The predicted octanol–water partition coefficient (Wildman–Crippen LogP) is 0.684. The van der Waals surface area contributed by atoms with Gasteiger partial charge in [0.15, 0.2) is 0 Å². The van der Waals surface area contributed by atoms with Crippen molar-refractivity contribution in [1.29, 1.82) is 0 Å². The normalized spacial score (nSPS) is 13.8. The number of ether oxygens (including phenoxy) is 1. The molecule has 1 aliphatic carbocycles. The lowest BCUT2D eigenvalue weighted by molar-refractivity contribution is 0.0812. The van der Waals surface area contributed by atoms with E-state index >= 15 is 0 Å². The van der Waals surface area contributed by atoms with Gasteiger partial charge in [-0.15, -0.1) is 0 Å². The Morgan fingerprint density at radius 3 is 2.63 bits per heavy atom. The van der Waals surface area contributed by atoms with Gasteiger partial charge >= 0.3 is 0 Å². The third kappa shape index (κ3) is 3.01. The zero-order valence-corrected chi connectivity index (χ0v) is 11.3. The fourth-order valence-corrected chi connectivity index (χ4v) is 1.58. The molecule has 2 amide bonds. The number of hydrogen-bond acceptors (Lipinski definition) is 4. The van der Waals surface area contributed by atoms with Crippen molar-refractivity contribution in [2.24, 2.45) is 0 Å². The summed E-state index contributed by atoms with van der Waals surface area (Å²) in [6.45, 7) is 0. The van der Waals surface area contributed by atoms with E-state index in [4.69, 9.17) is 4.74 Å². The van der Waals surface area contributed by atoms with Crippen LogP contribution >= 0.6 is 0 Å². The SMILES string of the molecule is CNC(=O)c1cc(OC2CC2)cnc1C(=O)N(C)C. The molecule has 102 valence electrons. The van der Waals surface area contributed by atoms with Crippen LogP contribution in [0.5, 0.6) is 5.75 Å². The number of nitrogens with one attached hydrogen (secondary N) is 1. The van der Waals surface area contributed by atoms with Crippen LogP contribution in [0.25, 0.3) is 0 Å². The monoisotopic (exact) mass is 263 g/mol. The summed E-state index contributed by atoms with van der Waals surface area (Å²) >= 11 is 0. The molecule has 0 atom stereocenters. The lowest BCUT2D eigenvalue weighted by Gasteiger charge is -2.13. The minimum absolute atomic E-state index is 0.132. The van der Waals surface area contributed by atoms with E-state index in [1.807, 2.05) is 0 Å². The molecule has 1 saturated carbocycles. The van der Waals surface area contributed by atoms with Gasteiger partial charge in [0.05, 0.1) is 17.9 Å². The molecule has 2 rings (SSSR count). The zero-order chi connectivity index (χ0) is 14.0. The molecular formula is C13H17N3O3. The summed E-state index contributed by atoms with van der Waals surface area (Å²) in [5.74, 6) is -0.132. The van der Waals surface area contributed by atoms with Gasteiger partial charge in [-0.05, 0) is 18.9 Å². The lowest BCUT2D eigenvalue weighted by Crippen LogP contribution is -2.28. The first-order chi connectivity index (χ1) is 9.02. The predicted molar refractivity (Wildman–Crippen MR) is 69.3 cm³/mol. The van der Waals surface area contributed by atoms with Crippen LogP contribution in [0, 0.1) is 0 Å². The topological polar surface area (TPSA) is 71.5 Å². The summed E-state index contributed by atoms with van der Waals surface area (Å²) in [6.07, 6.45) is 3.75. The van der Waals surface area contributed by atoms with E-state index in [0.29, 0.717) is 5.75 Å². The van der Waals surface area contributed by atoms with Gasteiger partial charge in [-0.25, -0.2) is 4.98 Å². The molecular weight excluding hydrogens is 246 g/mol. The fraction of sp³-hybridized carbons (Fsp3) is 0.462. The molecule has 0 aliphatic heterocycles. The first-order valence-corrected chi connectivity index (χ1v) is 6.13. The van der Waals surface area contributed by atoms with Gasteiger partial charge in [-0.2, -0.15) is 0 Å². The molecule has 0 radical (unpaired) electrons. The summed E-state index contributed by atoms with van der Waals surface area (Å²) in [4.78, 5) is 29.3. The van der Waals surface area contributed by atoms with Gasteiger partial charge < -0.3 is 15.0 Å². The number of pyridine rings is 1. The second kappa shape index (κ2) is 5.26. The fourth-order valence-electron chi connectivity index (χ4n) is 1.58. The van der Waals surface area contributed by atoms with Crippen molar-refractivity contribution in [3.05, 3.63) is 23.5 Å². The van der Waals surface area contributed by atoms with Crippen LogP contribution in [0.15, 0.2) is 12.3 Å². The average Bonchev–Trinajstić information content (AvgIpc) is 3.20. The molecule has 0 unspecified atom stereocenters. The highest BCUT2D eigenvalue weighted by atomic mass is 16.5. The summed E-state index contributed by atoms with van der Waals surface area (Å²) in [6, 6.07) is 1.57. The standard InChI is InChI=1S/C13H17N3O3/c1-14-12(17)10-6-9(19-8-4-5-8)7-15-11(10)13(18)16(2)3/h6-8H,4-5H2,1-3H3,(H,14,17). The number of rotatable bonds is 4. The van der Waals surface area contributed by atoms with Crippen molar-refractivity contribution >= 4 is 11.8 Å². The third-order valence-electron chi connectivity index (χ3n) is 2.77. The van der Waals surface area contributed by atoms with Crippen LogP contribution < -0.4 is 10.1 Å². The minimum atomic E-state index is -0.348. The number of nitrogens with zero attached hydrogens (tertiary/aromatic N) is 2. The van der Waals surface area contributed by atoms with Crippen molar-refractivity contribution in [2.75, 3.05) is 21.1 Å². The Kier molecular flexibility index (Phi) is 3.69. The van der Waals surface area contributed by atoms with Crippen molar-refractivity contribution in [3.8, 4) is 5.75 Å². The minimum Gasteiger partial charge on any atom is -0.489 e. The molecule has 19 heavy (non-hydrogen) atoms. The molecule has 1 aromatic rings. The lowest BCUT2D eigenvalue weighted by atomic mass is 10.1. The largest absolute Gasteiger partial charge is 0.489 e. The maximum absolute atomic E-state index is 12.0. The zero-order valence-electron chi connectivity index (χ0n) is 11.3. The molecule has 1 aromatic heterocycles. The van der Waals surface area contributed by atoms with Gasteiger partial charge in [0.25, 0.3) is 11.8 Å². The van der Waals surface area contributed by atoms with Crippen LogP contribution in [-0.4, -0.2) is 48.9 Å². The van der Waals surface area contributed by atoms with Crippen LogP contribution in [0.1, 0.15) is 33.7 Å². The van der Waals surface area contributed by atoms with E-state index in [1.165, 1.54) is 18.1 Å². The van der Waals surface area contributed by atoms with Gasteiger partial charge in [-0.1, -0.05) is 0 Å². The Balaban J connectivity index is 2.35. The Labute approximate surface area is 111 Å². The highest BCUT2D eigenvalue weighted by molar-refractivity contribution is 6.05. The highest BCUT2D eigenvalue weighted by Crippen LogP contribution is 2.27. The Morgan fingerprint density at radius 1 is 1.42 bits per heavy atom. The van der Waals surface area contributed by atoms with E-state index in [2.05, 4.69) is 10.3 Å². The molecule has 1 heterocycles. The molecule has 1 fully saturated rings. The van der Waals surface area contributed by atoms with Crippen LogP contribution in [0.3, 0.4) is 0 Å². The molecule has 1 N–H and O–H groups in total. The molecule has 0 spiro atoms. The van der Waals surface area contributed by atoms with Gasteiger partial charge in [0.2, 0.25) is 0 Å². The van der Waals surface area contributed by atoms with Crippen LogP contribution in [0.4, 0.5) is 0 Å². The van der Waals surface area contributed by atoms with Crippen molar-refractivity contribution in [1.82, 2.24) is 15.2 Å². The Bertz CT molecular complexity index is 510. The number of carbonyl (C=O) groups excluding carboxylic acids is 2. The first kappa shape index (κ1) is 13.3. The number of carbonyl (C=O) groups is 2. The van der Waals surface area contributed by atoms with Crippen LogP contribution in [-0.2, 0) is 0 Å². The first-order valence-electron chi connectivity index (χ1n) is 6.13. The van der Waals surface area contributed by atoms with Crippen molar-refractivity contribution in [3.63, 3.8) is 0 Å². The van der Waals surface area contributed by atoms with Crippen molar-refractivity contribution < 1.29 is 14.3 Å². The molecule has 6 heteroatoms.